The van der Waals surface area contributed by atoms with E-state index in [4.69, 9.17) is 0 Å². The van der Waals surface area contributed by atoms with Crippen LogP contribution >= 0.6 is 0 Å². The minimum Gasteiger partial charge on any atom is -0.363 e. The molecule has 0 saturated heterocycles. The zero-order valence-electron chi connectivity index (χ0n) is 15.0. The lowest BCUT2D eigenvalue weighted by Gasteiger charge is -2.14. The average Bonchev–Trinajstić information content (AvgIpc) is 2.57. The molecule has 0 aliphatic carbocycles. The Kier molecular flexibility index (Phi) is 6.26. The van der Waals surface area contributed by atoms with E-state index in [1.807, 2.05) is 14.1 Å². The summed E-state index contributed by atoms with van der Waals surface area (Å²) < 4.78 is 64.8. The molecule has 1 aromatic carbocycles. The Labute approximate surface area is 155 Å². The lowest BCUT2D eigenvalue weighted by atomic mass is 10.2. The van der Waals surface area contributed by atoms with Gasteiger partial charge in [-0.15, -0.1) is 0 Å². The molecule has 0 unspecified atom stereocenters. The van der Waals surface area contributed by atoms with Gasteiger partial charge in [-0.1, -0.05) is 6.07 Å². The van der Waals surface area contributed by atoms with E-state index in [9.17, 15) is 21.6 Å². The summed E-state index contributed by atoms with van der Waals surface area (Å²) >= 11 is 0. The van der Waals surface area contributed by atoms with Crippen molar-refractivity contribution in [2.75, 3.05) is 37.4 Å². The number of aryl methyl sites for hydroxylation is 1. The summed E-state index contributed by atoms with van der Waals surface area (Å²) in [6.07, 6.45) is -4.61. The highest BCUT2D eigenvalue weighted by molar-refractivity contribution is 7.89. The molecule has 27 heavy (non-hydrogen) atoms. The van der Waals surface area contributed by atoms with E-state index in [1.54, 1.807) is 17.9 Å². The van der Waals surface area contributed by atoms with E-state index in [1.165, 1.54) is 0 Å². The number of hydrogen-bond donors (Lipinski definition) is 2. The molecule has 0 atom stereocenters. The number of nitrogens with one attached hydrogen (secondary N) is 2. The second kappa shape index (κ2) is 8.09. The Morgan fingerprint density at radius 1 is 1.11 bits per heavy atom. The zero-order valence-corrected chi connectivity index (χ0v) is 15.8. The fraction of sp³-hybridized carbons (Fsp3) is 0.375. The number of benzene rings is 1. The molecule has 0 spiro atoms. The first-order chi connectivity index (χ1) is 12.5. The summed E-state index contributed by atoms with van der Waals surface area (Å²) in [5.74, 6) is 1.02. The summed E-state index contributed by atoms with van der Waals surface area (Å²) in [6.45, 7) is 1.91. The molecular formula is C16H20F3N5O2S. The van der Waals surface area contributed by atoms with Gasteiger partial charge >= 0.3 is 6.18 Å². The van der Waals surface area contributed by atoms with Crippen LogP contribution in [0, 0.1) is 6.92 Å². The van der Waals surface area contributed by atoms with Crippen LogP contribution < -0.4 is 14.9 Å². The molecule has 2 N–H and O–H groups in total. The van der Waals surface area contributed by atoms with E-state index in [-0.39, 0.29) is 13.1 Å². The van der Waals surface area contributed by atoms with Crippen molar-refractivity contribution in [3.8, 4) is 0 Å². The zero-order chi connectivity index (χ0) is 20.2. The molecule has 148 valence electrons. The quantitative estimate of drug-likeness (QED) is 0.690. The summed E-state index contributed by atoms with van der Waals surface area (Å²) in [7, 11) is -0.410. The molecule has 0 radical (unpaired) electrons. The molecule has 0 amide bonds. The predicted molar refractivity (Wildman–Crippen MR) is 96.2 cm³/mol. The summed E-state index contributed by atoms with van der Waals surface area (Å²) in [6, 6.07) is 5.37. The monoisotopic (exact) mass is 403 g/mol. The summed E-state index contributed by atoms with van der Waals surface area (Å²) in [5, 5.41) is 2.88. The molecule has 2 aromatic rings. The fourth-order valence-corrected chi connectivity index (χ4v) is 3.22. The van der Waals surface area contributed by atoms with Crippen molar-refractivity contribution in [3.05, 3.63) is 41.6 Å². The Balaban J connectivity index is 1.99. The lowest BCUT2D eigenvalue weighted by Crippen LogP contribution is -2.29. The SMILES string of the molecule is Cc1cc(N(C)C)nc(NCCNS(=O)(=O)c2cccc(C(F)(F)F)c2)n1. The van der Waals surface area contributed by atoms with Gasteiger partial charge in [-0.2, -0.15) is 18.2 Å². The molecule has 11 heteroatoms. The van der Waals surface area contributed by atoms with Gasteiger partial charge in [0.2, 0.25) is 16.0 Å². The van der Waals surface area contributed by atoms with Gasteiger partial charge < -0.3 is 10.2 Å². The molecule has 0 aliphatic rings. The maximum Gasteiger partial charge on any atom is 0.416 e. The van der Waals surface area contributed by atoms with Crippen LogP contribution in [-0.2, 0) is 16.2 Å². The summed E-state index contributed by atoms with van der Waals surface area (Å²) in [4.78, 5) is 9.82. The van der Waals surface area contributed by atoms with Gasteiger partial charge in [0.05, 0.1) is 10.5 Å². The van der Waals surface area contributed by atoms with E-state index in [0.717, 1.165) is 23.9 Å². The van der Waals surface area contributed by atoms with Crippen LogP contribution in [0.4, 0.5) is 24.9 Å². The molecular weight excluding hydrogens is 383 g/mol. The highest BCUT2D eigenvalue weighted by atomic mass is 32.2. The minimum atomic E-state index is -4.61. The normalized spacial score (nSPS) is 12.1. The maximum absolute atomic E-state index is 12.7. The van der Waals surface area contributed by atoms with E-state index < -0.39 is 26.7 Å². The third-order valence-electron chi connectivity index (χ3n) is 3.47. The number of halogens is 3. The molecule has 0 aliphatic heterocycles. The van der Waals surface area contributed by atoms with Crippen molar-refractivity contribution in [2.45, 2.75) is 18.0 Å². The van der Waals surface area contributed by atoms with Crippen molar-refractivity contribution < 1.29 is 21.6 Å². The van der Waals surface area contributed by atoms with Crippen LogP contribution in [-0.4, -0.2) is 45.6 Å². The molecule has 2 rings (SSSR count). The topological polar surface area (TPSA) is 87.2 Å². The van der Waals surface area contributed by atoms with Crippen molar-refractivity contribution in [3.63, 3.8) is 0 Å². The van der Waals surface area contributed by atoms with Gasteiger partial charge in [-0.3, -0.25) is 0 Å². The highest BCUT2D eigenvalue weighted by Gasteiger charge is 2.31. The number of sulfonamides is 1. The second-order valence-electron chi connectivity index (χ2n) is 5.94. The molecule has 0 bridgehead atoms. The van der Waals surface area contributed by atoms with Gasteiger partial charge in [0.1, 0.15) is 5.82 Å². The van der Waals surface area contributed by atoms with Crippen LogP contribution in [0.5, 0.6) is 0 Å². The van der Waals surface area contributed by atoms with E-state index >= 15 is 0 Å². The first-order valence-electron chi connectivity index (χ1n) is 7.93. The van der Waals surface area contributed by atoms with Crippen LogP contribution in [0.3, 0.4) is 0 Å². The fourth-order valence-electron chi connectivity index (χ4n) is 2.14. The highest BCUT2D eigenvalue weighted by Crippen LogP contribution is 2.30. The maximum atomic E-state index is 12.7. The third-order valence-corrected chi connectivity index (χ3v) is 4.93. The van der Waals surface area contributed by atoms with Gasteiger partial charge in [0.25, 0.3) is 0 Å². The first-order valence-corrected chi connectivity index (χ1v) is 9.41. The molecule has 1 aromatic heterocycles. The standard InChI is InChI=1S/C16H20F3N5O2S/c1-11-9-14(24(2)3)23-15(22-11)20-7-8-21-27(25,26)13-6-4-5-12(10-13)16(17,18)19/h4-6,9-10,21H,7-8H2,1-3H3,(H,20,22,23). The van der Waals surface area contributed by atoms with Crippen molar-refractivity contribution in [2.24, 2.45) is 0 Å². The Bertz CT molecular complexity index is 901. The van der Waals surface area contributed by atoms with Crippen LogP contribution in [0.2, 0.25) is 0 Å². The largest absolute Gasteiger partial charge is 0.416 e. The molecule has 7 nitrogen and oxygen atoms in total. The number of alkyl halides is 3. The minimum absolute atomic E-state index is 0.0484. The van der Waals surface area contributed by atoms with Gasteiger partial charge in [0, 0.05) is 38.9 Å². The van der Waals surface area contributed by atoms with Crippen molar-refractivity contribution >= 4 is 21.8 Å². The lowest BCUT2D eigenvalue weighted by molar-refractivity contribution is -0.137. The van der Waals surface area contributed by atoms with Gasteiger partial charge in [-0.05, 0) is 25.1 Å². The Morgan fingerprint density at radius 3 is 2.44 bits per heavy atom. The van der Waals surface area contributed by atoms with Crippen LogP contribution in [0.1, 0.15) is 11.3 Å². The van der Waals surface area contributed by atoms with Crippen LogP contribution in [0.15, 0.2) is 35.2 Å². The first kappa shape index (κ1) is 20.9. The average molecular weight is 403 g/mol. The Hall–Kier alpha value is -2.40. The molecule has 0 fully saturated rings. The predicted octanol–water partition coefficient (Wildman–Crippen LogP) is 2.26. The third kappa shape index (κ3) is 5.79. The molecule has 1 heterocycles. The number of hydrogen-bond acceptors (Lipinski definition) is 6. The van der Waals surface area contributed by atoms with Crippen molar-refractivity contribution in [1.29, 1.82) is 0 Å². The van der Waals surface area contributed by atoms with Crippen LogP contribution in [0.25, 0.3) is 0 Å². The van der Waals surface area contributed by atoms with Gasteiger partial charge in [0.15, 0.2) is 0 Å². The Morgan fingerprint density at radius 2 is 1.81 bits per heavy atom. The smallest absolute Gasteiger partial charge is 0.363 e. The number of aromatic nitrogens is 2. The second-order valence-corrected chi connectivity index (χ2v) is 7.70. The van der Waals surface area contributed by atoms with E-state index in [2.05, 4.69) is 20.0 Å². The molecule has 0 saturated carbocycles. The van der Waals surface area contributed by atoms with Crippen molar-refractivity contribution in [1.82, 2.24) is 14.7 Å². The van der Waals surface area contributed by atoms with E-state index in [0.29, 0.717) is 17.8 Å². The number of nitrogens with zero attached hydrogens (tertiary/aromatic N) is 3. The number of anilines is 2. The number of rotatable bonds is 7. The summed E-state index contributed by atoms with van der Waals surface area (Å²) in [5.41, 5.74) is -0.284. The van der Waals surface area contributed by atoms with Gasteiger partial charge in [-0.25, -0.2) is 18.1 Å².